The highest BCUT2D eigenvalue weighted by atomic mass is 79.9. The molecule has 7 nitrogen and oxygen atoms in total. The lowest BCUT2D eigenvalue weighted by molar-refractivity contribution is 0.0950. The van der Waals surface area contributed by atoms with Gasteiger partial charge in [0.2, 0.25) is 0 Å². The number of aryl methyl sites for hydroxylation is 1. The summed E-state index contributed by atoms with van der Waals surface area (Å²) in [6.45, 7) is 4.14. The predicted molar refractivity (Wildman–Crippen MR) is 113 cm³/mol. The SMILES string of the molecule is CC(=N)CNc1cc(Br)nn2c(-c3ccc(C(=O)NC4CC4)c(C)c3)cnc12. The number of halogens is 1. The molecule has 1 saturated carbocycles. The Balaban J connectivity index is 1.69. The van der Waals surface area contributed by atoms with E-state index in [0.717, 1.165) is 35.3 Å². The summed E-state index contributed by atoms with van der Waals surface area (Å²) < 4.78 is 2.44. The molecular formula is C20H21BrN6O. The Morgan fingerprint density at radius 2 is 2.14 bits per heavy atom. The molecule has 0 spiro atoms. The number of anilines is 1. The molecule has 8 heteroatoms. The Labute approximate surface area is 171 Å². The molecule has 1 aromatic carbocycles. The topological polar surface area (TPSA) is 95.2 Å². The first-order valence-electron chi connectivity index (χ1n) is 9.16. The van der Waals surface area contributed by atoms with Gasteiger partial charge in [-0.25, -0.2) is 9.50 Å². The van der Waals surface area contributed by atoms with E-state index in [2.05, 4.69) is 36.6 Å². The molecule has 3 N–H and O–H groups in total. The van der Waals surface area contributed by atoms with Crippen molar-refractivity contribution < 1.29 is 4.79 Å². The monoisotopic (exact) mass is 440 g/mol. The number of aromatic nitrogens is 3. The van der Waals surface area contributed by atoms with Crippen LogP contribution in [0.4, 0.5) is 5.69 Å². The van der Waals surface area contributed by atoms with Crippen molar-refractivity contribution in [1.29, 1.82) is 5.41 Å². The van der Waals surface area contributed by atoms with Crippen LogP contribution in [0.25, 0.3) is 16.9 Å². The minimum Gasteiger partial charge on any atom is -0.377 e. The van der Waals surface area contributed by atoms with Crippen LogP contribution in [-0.2, 0) is 0 Å². The third-order valence-electron chi connectivity index (χ3n) is 4.66. The van der Waals surface area contributed by atoms with Gasteiger partial charge in [-0.1, -0.05) is 6.07 Å². The van der Waals surface area contributed by atoms with E-state index < -0.39 is 0 Å². The summed E-state index contributed by atoms with van der Waals surface area (Å²) in [6, 6.07) is 7.96. The van der Waals surface area contributed by atoms with Gasteiger partial charge in [0.1, 0.15) is 4.60 Å². The standard InChI is InChI=1S/C20H21BrN6O/c1-11-7-13(3-6-15(11)20(28)25-14-4-5-14)17-10-24-19-16(23-9-12(2)22)8-18(21)26-27(17)19/h3,6-8,10,14,22-23H,4-5,9H2,1-2H3,(H,25,28). The fraction of sp³-hybridized carbons (Fsp3) is 0.300. The number of benzene rings is 1. The van der Waals surface area contributed by atoms with Crippen molar-refractivity contribution in [1.82, 2.24) is 19.9 Å². The van der Waals surface area contributed by atoms with Crippen LogP contribution in [0.5, 0.6) is 0 Å². The number of imidazole rings is 1. The molecular weight excluding hydrogens is 420 g/mol. The Bertz CT molecular complexity index is 1090. The van der Waals surface area contributed by atoms with Gasteiger partial charge in [-0.05, 0) is 66.4 Å². The molecule has 1 aliphatic carbocycles. The predicted octanol–water partition coefficient (Wildman–Crippen LogP) is 3.81. The smallest absolute Gasteiger partial charge is 0.251 e. The maximum Gasteiger partial charge on any atom is 0.251 e. The first-order valence-corrected chi connectivity index (χ1v) is 9.96. The lowest BCUT2D eigenvalue weighted by Crippen LogP contribution is -2.26. The normalized spacial score (nSPS) is 13.5. The number of amides is 1. The van der Waals surface area contributed by atoms with Crippen LogP contribution in [0.3, 0.4) is 0 Å². The van der Waals surface area contributed by atoms with E-state index in [1.54, 1.807) is 17.6 Å². The van der Waals surface area contributed by atoms with E-state index in [4.69, 9.17) is 5.41 Å². The summed E-state index contributed by atoms with van der Waals surface area (Å²) in [5, 5.41) is 18.4. The van der Waals surface area contributed by atoms with Gasteiger partial charge < -0.3 is 16.0 Å². The molecule has 1 fully saturated rings. The van der Waals surface area contributed by atoms with E-state index in [0.29, 0.717) is 34.1 Å². The first-order chi connectivity index (χ1) is 13.4. The summed E-state index contributed by atoms with van der Waals surface area (Å²) in [7, 11) is 0. The number of hydrogen-bond acceptors (Lipinski definition) is 5. The van der Waals surface area contributed by atoms with Gasteiger partial charge in [0.25, 0.3) is 5.91 Å². The summed E-state index contributed by atoms with van der Waals surface area (Å²) >= 11 is 3.45. The molecule has 0 atom stereocenters. The number of hydrogen-bond donors (Lipinski definition) is 3. The zero-order chi connectivity index (χ0) is 19.8. The number of carbonyl (C=O) groups excluding carboxylic acids is 1. The summed E-state index contributed by atoms with van der Waals surface area (Å²) in [6.07, 6.45) is 3.91. The van der Waals surface area contributed by atoms with Gasteiger partial charge in [-0.2, -0.15) is 5.10 Å². The lowest BCUT2D eigenvalue weighted by Gasteiger charge is -2.10. The summed E-state index contributed by atoms with van der Waals surface area (Å²) in [4.78, 5) is 16.9. The van der Waals surface area contributed by atoms with Crippen molar-refractivity contribution in [2.45, 2.75) is 32.7 Å². The average Bonchev–Trinajstić information content (AvgIpc) is 3.35. The molecule has 1 amide bonds. The van der Waals surface area contributed by atoms with E-state index in [9.17, 15) is 4.79 Å². The largest absolute Gasteiger partial charge is 0.377 e. The fourth-order valence-corrected chi connectivity index (χ4v) is 3.45. The minimum atomic E-state index is -0.0148. The van der Waals surface area contributed by atoms with Crippen LogP contribution in [0.1, 0.15) is 35.7 Å². The Hall–Kier alpha value is -2.74. The van der Waals surface area contributed by atoms with Gasteiger partial charge in [0.15, 0.2) is 5.65 Å². The Morgan fingerprint density at radius 1 is 1.36 bits per heavy atom. The number of nitrogens with zero attached hydrogens (tertiary/aromatic N) is 3. The molecule has 1 aliphatic rings. The number of fused-ring (bicyclic) bond motifs is 1. The van der Waals surface area contributed by atoms with Crippen molar-refractivity contribution in [3.8, 4) is 11.3 Å². The van der Waals surface area contributed by atoms with E-state index in [1.165, 1.54) is 0 Å². The Morgan fingerprint density at radius 3 is 2.82 bits per heavy atom. The number of nitrogens with one attached hydrogen (secondary N) is 3. The summed E-state index contributed by atoms with van der Waals surface area (Å²) in [5.41, 5.74) is 5.41. The van der Waals surface area contributed by atoms with Gasteiger partial charge in [0, 0.05) is 22.9 Å². The molecule has 0 aliphatic heterocycles. The van der Waals surface area contributed by atoms with Crippen molar-refractivity contribution >= 4 is 38.9 Å². The molecule has 4 rings (SSSR count). The van der Waals surface area contributed by atoms with Crippen molar-refractivity contribution in [3.63, 3.8) is 0 Å². The van der Waals surface area contributed by atoms with Gasteiger partial charge >= 0.3 is 0 Å². The van der Waals surface area contributed by atoms with Gasteiger partial charge in [0.05, 0.1) is 24.1 Å². The molecule has 0 unspecified atom stereocenters. The molecule has 144 valence electrons. The average molecular weight is 441 g/mol. The molecule has 0 saturated heterocycles. The highest BCUT2D eigenvalue weighted by Crippen LogP contribution is 2.28. The summed E-state index contributed by atoms with van der Waals surface area (Å²) in [5.74, 6) is -0.0148. The second-order valence-electron chi connectivity index (χ2n) is 7.17. The number of carbonyl (C=O) groups is 1. The first kappa shape index (κ1) is 18.6. The van der Waals surface area contributed by atoms with Crippen LogP contribution in [0, 0.1) is 12.3 Å². The zero-order valence-electron chi connectivity index (χ0n) is 15.7. The Kier molecular flexibility index (Phi) is 4.89. The molecule has 2 heterocycles. The zero-order valence-corrected chi connectivity index (χ0v) is 17.3. The lowest BCUT2D eigenvalue weighted by atomic mass is 10.0. The van der Waals surface area contributed by atoms with E-state index >= 15 is 0 Å². The molecule has 0 radical (unpaired) electrons. The third-order valence-corrected chi connectivity index (χ3v) is 5.05. The molecule has 28 heavy (non-hydrogen) atoms. The van der Waals surface area contributed by atoms with Crippen molar-refractivity contribution in [3.05, 3.63) is 46.2 Å². The van der Waals surface area contributed by atoms with E-state index in [-0.39, 0.29) is 5.91 Å². The fourth-order valence-electron chi connectivity index (χ4n) is 3.06. The second-order valence-corrected chi connectivity index (χ2v) is 7.98. The van der Waals surface area contributed by atoms with Crippen LogP contribution in [0.15, 0.2) is 35.1 Å². The maximum absolute atomic E-state index is 12.4. The molecule has 0 bridgehead atoms. The van der Waals surface area contributed by atoms with Crippen molar-refractivity contribution in [2.24, 2.45) is 0 Å². The van der Waals surface area contributed by atoms with Crippen LogP contribution in [-0.4, -0.2) is 38.8 Å². The van der Waals surface area contributed by atoms with Crippen LogP contribution >= 0.6 is 15.9 Å². The maximum atomic E-state index is 12.4. The van der Waals surface area contributed by atoms with Crippen molar-refractivity contribution in [2.75, 3.05) is 11.9 Å². The molecule has 2 aromatic heterocycles. The van der Waals surface area contributed by atoms with E-state index in [1.807, 2.05) is 31.2 Å². The second kappa shape index (κ2) is 7.35. The number of rotatable bonds is 6. The molecule has 3 aromatic rings. The quantitative estimate of drug-likeness (QED) is 0.507. The highest BCUT2D eigenvalue weighted by molar-refractivity contribution is 9.10. The van der Waals surface area contributed by atoms with Crippen LogP contribution < -0.4 is 10.6 Å². The third kappa shape index (κ3) is 3.77. The van der Waals surface area contributed by atoms with Gasteiger partial charge in [-0.15, -0.1) is 0 Å². The highest BCUT2D eigenvalue weighted by Gasteiger charge is 2.24. The van der Waals surface area contributed by atoms with Crippen LogP contribution in [0.2, 0.25) is 0 Å². The minimum absolute atomic E-state index is 0.0148. The van der Waals surface area contributed by atoms with Gasteiger partial charge in [-0.3, -0.25) is 4.79 Å².